The van der Waals surface area contributed by atoms with Gasteiger partial charge in [-0.05, 0) is 67.1 Å². The van der Waals surface area contributed by atoms with Gasteiger partial charge in [-0.1, -0.05) is 58.4 Å². The maximum Gasteiger partial charge on any atom is 0.0234 e. The van der Waals surface area contributed by atoms with Gasteiger partial charge < -0.3 is 0 Å². The summed E-state index contributed by atoms with van der Waals surface area (Å²) in [7, 11) is 2.19. The molecule has 0 fully saturated rings. The first-order valence-electron chi connectivity index (χ1n) is 8.42. The van der Waals surface area contributed by atoms with Crippen LogP contribution in [0.15, 0.2) is 53.0 Å². The van der Waals surface area contributed by atoms with Crippen LogP contribution in [-0.4, -0.2) is 18.5 Å². The van der Waals surface area contributed by atoms with Crippen LogP contribution in [0.4, 0.5) is 0 Å². The molecule has 0 aromatic heterocycles. The molecular weight excluding hydrogens is 382 g/mol. The lowest BCUT2D eigenvalue weighted by Gasteiger charge is -2.19. The summed E-state index contributed by atoms with van der Waals surface area (Å²) >= 11 is 3.47. The maximum atomic E-state index is 3.47. The van der Waals surface area contributed by atoms with E-state index in [1.807, 2.05) is 0 Å². The summed E-state index contributed by atoms with van der Waals surface area (Å²) in [5.41, 5.74) is 5.82. The molecule has 0 heterocycles. The van der Waals surface area contributed by atoms with Gasteiger partial charge >= 0.3 is 0 Å². The van der Waals surface area contributed by atoms with E-state index in [0.717, 1.165) is 17.6 Å². The highest BCUT2D eigenvalue weighted by Crippen LogP contribution is 2.22. The first kappa shape index (κ1) is 19.2. The van der Waals surface area contributed by atoms with Gasteiger partial charge in [-0.2, -0.15) is 0 Å². The number of nitrogens with zero attached hydrogens (tertiary/aromatic N) is 1. The fraction of sp³-hybridized carbons (Fsp3) is 0.333. The Kier molecular flexibility index (Phi) is 7.54. The van der Waals surface area contributed by atoms with E-state index in [2.05, 4.69) is 82.5 Å². The van der Waals surface area contributed by atoms with Crippen LogP contribution in [-0.2, 0) is 19.4 Å². The zero-order valence-electron chi connectivity index (χ0n) is 14.2. The van der Waals surface area contributed by atoms with Gasteiger partial charge in [0.25, 0.3) is 0 Å². The molecular formula is C21H25BrClN. The van der Waals surface area contributed by atoms with Gasteiger partial charge in [0.15, 0.2) is 0 Å². The molecule has 24 heavy (non-hydrogen) atoms. The van der Waals surface area contributed by atoms with Crippen molar-refractivity contribution < 1.29 is 0 Å². The fourth-order valence-corrected chi connectivity index (χ4v) is 3.47. The van der Waals surface area contributed by atoms with E-state index < -0.39 is 0 Å². The van der Waals surface area contributed by atoms with E-state index >= 15 is 0 Å². The molecule has 128 valence electrons. The molecule has 3 rings (SSSR count). The molecule has 2 aromatic carbocycles. The molecule has 0 bridgehead atoms. The normalized spacial score (nSPS) is 13.8. The minimum atomic E-state index is 0. The highest BCUT2D eigenvalue weighted by atomic mass is 79.9. The standard InChI is InChI=1S/C21H24BrN.ClH/c1-23(14-4-5-17-9-12-21(22)13-10-17)16-18-8-11-19-6-2-3-7-20(19)15-18;/h4-5,8-13,15H,2-3,6-7,14,16H2,1H3;1H/b5-4+;. The van der Waals surface area contributed by atoms with Gasteiger partial charge in [0.2, 0.25) is 0 Å². The van der Waals surface area contributed by atoms with Gasteiger partial charge in [0, 0.05) is 17.6 Å². The third-order valence-electron chi connectivity index (χ3n) is 4.46. The molecule has 0 N–H and O–H groups in total. The summed E-state index contributed by atoms with van der Waals surface area (Å²) < 4.78 is 1.12. The monoisotopic (exact) mass is 405 g/mol. The molecule has 1 nitrogen and oxygen atoms in total. The summed E-state index contributed by atoms with van der Waals surface area (Å²) in [6, 6.07) is 15.5. The van der Waals surface area contributed by atoms with E-state index in [1.165, 1.54) is 36.8 Å². The molecule has 0 unspecified atom stereocenters. The number of rotatable bonds is 5. The van der Waals surface area contributed by atoms with Crippen molar-refractivity contribution in [3.8, 4) is 0 Å². The highest BCUT2D eigenvalue weighted by Gasteiger charge is 2.09. The smallest absolute Gasteiger partial charge is 0.0234 e. The first-order valence-corrected chi connectivity index (χ1v) is 9.21. The van der Waals surface area contributed by atoms with Gasteiger partial charge in [0.05, 0.1) is 0 Å². The highest BCUT2D eigenvalue weighted by molar-refractivity contribution is 9.10. The summed E-state index contributed by atoms with van der Waals surface area (Å²) in [5.74, 6) is 0. The van der Waals surface area contributed by atoms with Crippen molar-refractivity contribution in [3.05, 3.63) is 75.3 Å². The van der Waals surface area contributed by atoms with Crippen LogP contribution in [0.1, 0.15) is 35.1 Å². The molecule has 0 aliphatic heterocycles. The summed E-state index contributed by atoms with van der Waals surface area (Å²) in [6.07, 6.45) is 9.66. The summed E-state index contributed by atoms with van der Waals surface area (Å²) in [5, 5.41) is 0. The van der Waals surface area contributed by atoms with Crippen LogP contribution in [0.3, 0.4) is 0 Å². The van der Waals surface area contributed by atoms with Crippen LogP contribution in [0.5, 0.6) is 0 Å². The van der Waals surface area contributed by atoms with Crippen molar-refractivity contribution >= 4 is 34.4 Å². The second-order valence-corrected chi connectivity index (χ2v) is 7.38. The van der Waals surface area contributed by atoms with Crippen LogP contribution >= 0.6 is 28.3 Å². The number of hydrogen-bond donors (Lipinski definition) is 0. The predicted molar refractivity (Wildman–Crippen MR) is 110 cm³/mol. The quantitative estimate of drug-likeness (QED) is 0.598. The largest absolute Gasteiger partial charge is 0.298 e. The van der Waals surface area contributed by atoms with Crippen molar-refractivity contribution in [2.24, 2.45) is 0 Å². The van der Waals surface area contributed by atoms with Crippen molar-refractivity contribution in [2.45, 2.75) is 32.2 Å². The zero-order chi connectivity index (χ0) is 16.1. The number of likely N-dealkylation sites (N-methyl/N-ethyl adjacent to an activating group) is 1. The van der Waals surface area contributed by atoms with Gasteiger partial charge in [-0.15, -0.1) is 12.4 Å². The molecule has 0 amide bonds. The second-order valence-electron chi connectivity index (χ2n) is 6.46. The van der Waals surface area contributed by atoms with Crippen molar-refractivity contribution in [1.82, 2.24) is 4.90 Å². The molecule has 0 saturated heterocycles. The number of fused-ring (bicyclic) bond motifs is 1. The van der Waals surface area contributed by atoms with E-state index in [-0.39, 0.29) is 12.4 Å². The Balaban J connectivity index is 0.00000208. The Morgan fingerprint density at radius 2 is 1.71 bits per heavy atom. The number of aryl methyl sites for hydroxylation is 2. The number of benzene rings is 2. The maximum absolute atomic E-state index is 3.47. The molecule has 2 aromatic rings. The molecule has 1 aliphatic rings. The average molecular weight is 407 g/mol. The molecule has 3 heteroatoms. The third-order valence-corrected chi connectivity index (χ3v) is 4.99. The number of halogens is 2. The first-order chi connectivity index (χ1) is 11.2. The Morgan fingerprint density at radius 1 is 1.00 bits per heavy atom. The Bertz CT molecular complexity index is 679. The summed E-state index contributed by atoms with van der Waals surface area (Å²) in [4.78, 5) is 2.36. The van der Waals surface area contributed by atoms with Crippen molar-refractivity contribution in [2.75, 3.05) is 13.6 Å². The SMILES string of the molecule is CN(C/C=C/c1ccc(Br)cc1)Cc1ccc2c(c1)CCCC2.Cl. The molecule has 1 aliphatic carbocycles. The Labute approximate surface area is 160 Å². The molecule has 0 saturated carbocycles. The third kappa shape index (κ3) is 5.47. The average Bonchev–Trinajstić information content (AvgIpc) is 2.56. The van der Waals surface area contributed by atoms with E-state index in [4.69, 9.17) is 0 Å². The molecule has 0 atom stereocenters. The van der Waals surface area contributed by atoms with Crippen LogP contribution < -0.4 is 0 Å². The van der Waals surface area contributed by atoms with Gasteiger partial charge in [-0.25, -0.2) is 0 Å². The lowest BCUT2D eigenvalue weighted by molar-refractivity contribution is 0.363. The van der Waals surface area contributed by atoms with E-state index in [0.29, 0.717) is 0 Å². The van der Waals surface area contributed by atoms with Crippen LogP contribution in [0.2, 0.25) is 0 Å². The Morgan fingerprint density at radius 3 is 2.46 bits per heavy atom. The lowest BCUT2D eigenvalue weighted by Crippen LogP contribution is -2.18. The Hall–Kier alpha value is -1.09. The van der Waals surface area contributed by atoms with Crippen molar-refractivity contribution in [1.29, 1.82) is 0 Å². The molecule has 0 spiro atoms. The summed E-state index contributed by atoms with van der Waals surface area (Å²) in [6.45, 7) is 1.98. The number of hydrogen-bond acceptors (Lipinski definition) is 1. The zero-order valence-corrected chi connectivity index (χ0v) is 16.6. The predicted octanol–water partition coefficient (Wildman–Crippen LogP) is 5.89. The van der Waals surface area contributed by atoms with Crippen LogP contribution in [0, 0.1) is 0 Å². The van der Waals surface area contributed by atoms with E-state index in [9.17, 15) is 0 Å². The topological polar surface area (TPSA) is 3.24 Å². The minimum Gasteiger partial charge on any atom is -0.298 e. The minimum absolute atomic E-state index is 0. The van der Waals surface area contributed by atoms with Gasteiger partial charge in [-0.3, -0.25) is 4.90 Å². The molecule has 0 radical (unpaired) electrons. The van der Waals surface area contributed by atoms with Gasteiger partial charge in [0.1, 0.15) is 0 Å². The van der Waals surface area contributed by atoms with Crippen LogP contribution in [0.25, 0.3) is 6.08 Å². The van der Waals surface area contributed by atoms with E-state index in [1.54, 1.807) is 11.1 Å². The fourth-order valence-electron chi connectivity index (χ4n) is 3.20. The lowest BCUT2D eigenvalue weighted by atomic mass is 9.90. The van der Waals surface area contributed by atoms with Crippen molar-refractivity contribution in [3.63, 3.8) is 0 Å². The second kappa shape index (κ2) is 9.41.